The number of rotatable bonds is 3. The fraction of sp³-hybridized carbons (Fsp3) is 0.500. The zero-order valence-corrected chi connectivity index (χ0v) is 10.5. The van der Waals surface area contributed by atoms with Crippen LogP contribution < -0.4 is 0 Å². The third-order valence-corrected chi connectivity index (χ3v) is 3.37. The Morgan fingerprint density at radius 1 is 1.12 bits per heavy atom. The molecule has 0 saturated carbocycles. The highest BCUT2D eigenvalue weighted by Gasteiger charge is 2.46. The molecule has 1 aromatic carbocycles. The zero-order chi connectivity index (χ0) is 11.6. The topological polar surface area (TPSA) is 18.5 Å². The second-order valence-corrected chi connectivity index (χ2v) is 4.67. The van der Waals surface area contributed by atoms with E-state index >= 15 is 0 Å². The summed E-state index contributed by atoms with van der Waals surface area (Å²) in [5, 5.41) is 0. The van der Waals surface area contributed by atoms with Gasteiger partial charge in [-0.1, -0.05) is 66.9 Å². The highest BCUT2D eigenvalue weighted by atomic mass is 35.5. The van der Waals surface area contributed by atoms with Crippen molar-refractivity contribution in [3.8, 4) is 0 Å². The van der Waals surface area contributed by atoms with Crippen LogP contribution in [0.15, 0.2) is 30.3 Å². The van der Waals surface area contributed by atoms with E-state index < -0.39 is 16.9 Å². The minimum atomic E-state index is -0.783. The molecule has 1 aromatic rings. The van der Waals surface area contributed by atoms with Crippen molar-refractivity contribution in [1.82, 2.24) is 0 Å². The van der Waals surface area contributed by atoms with Crippen LogP contribution in [0.5, 0.6) is 0 Å². The van der Waals surface area contributed by atoms with Gasteiger partial charge in [0.2, 0.25) is 0 Å². The van der Waals surface area contributed by atoms with Crippen LogP contribution in [0.25, 0.3) is 0 Å². The minimum absolute atomic E-state index is 0.603. The Balaban J connectivity index is 2.30. The molecule has 0 amide bonds. The average Bonchev–Trinajstić information content (AvgIpc) is 2.57. The monoisotopic (exact) mass is 260 g/mol. The molecular formula is C12H14Cl2O2. The molecular weight excluding hydrogens is 247 g/mol. The van der Waals surface area contributed by atoms with Gasteiger partial charge in [0.05, 0.1) is 0 Å². The highest BCUT2D eigenvalue weighted by molar-refractivity contribution is 6.28. The Morgan fingerprint density at radius 2 is 1.69 bits per heavy atom. The fourth-order valence-electron chi connectivity index (χ4n) is 1.92. The van der Waals surface area contributed by atoms with Gasteiger partial charge in [-0.05, 0) is 0 Å². The van der Waals surface area contributed by atoms with Gasteiger partial charge in [-0.2, -0.15) is 0 Å². The first-order valence-electron chi connectivity index (χ1n) is 5.37. The van der Waals surface area contributed by atoms with Gasteiger partial charge < -0.3 is 9.47 Å². The van der Waals surface area contributed by atoms with Gasteiger partial charge in [0.1, 0.15) is 0 Å². The van der Waals surface area contributed by atoms with E-state index in [-0.39, 0.29) is 0 Å². The van der Waals surface area contributed by atoms with E-state index in [0.29, 0.717) is 0 Å². The minimum Gasteiger partial charge on any atom is -0.322 e. The summed E-state index contributed by atoms with van der Waals surface area (Å²) < 4.78 is 11.4. The summed E-state index contributed by atoms with van der Waals surface area (Å²) in [5.74, 6) is -0.783. The largest absolute Gasteiger partial charge is 0.322 e. The zero-order valence-electron chi connectivity index (χ0n) is 9.03. The molecule has 1 fully saturated rings. The molecule has 0 bridgehead atoms. The lowest BCUT2D eigenvalue weighted by Gasteiger charge is -2.27. The number of hydrogen-bond donors (Lipinski definition) is 0. The van der Waals surface area contributed by atoms with Gasteiger partial charge in [0.15, 0.2) is 16.9 Å². The van der Waals surface area contributed by atoms with Crippen LogP contribution >= 0.6 is 23.2 Å². The van der Waals surface area contributed by atoms with E-state index in [2.05, 4.69) is 6.92 Å². The Kier molecular flexibility index (Phi) is 3.75. The summed E-state index contributed by atoms with van der Waals surface area (Å²) in [4.78, 5) is 0. The van der Waals surface area contributed by atoms with E-state index in [1.165, 1.54) is 0 Å². The van der Waals surface area contributed by atoms with Crippen LogP contribution in [0.2, 0.25) is 0 Å². The van der Waals surface area contributed by atoms with Crippen molar-refractivity contribution >= 4 is 23.2 Å². The fourth-order valence-corrected chi connectivity index (χ4v) is 2.31. The summed E-state index contributed by atoms with van der Waals surface area (Å²) in [6.45, 7) is 2.07. The van der Waals surface area contributed by atoms with E-state index in [1.807, 2.05) is 30.3 Å². The molecule has 16 heavy (non-hydrogen) atoms. The van der Waals surface area contributed by atoms with Crippen LogP contribution in [-0.4, -0.2) is 11.1 Å². The summed E-state index contributed by atoms with van der Waals surface area (Å²) >= 11 is 11.9. The van der Waals surface area contributed by atoms with Crippen LogP contribution in [0.3, 0.4) is 0 Å². The van der Waals surface area contributed by atoms with Gasteiger partial charge in [-0.25, -0.2) is 0 Å². The Hall–Kier alpha value is -0.280. The van der Waals surface area contributed by atoms with Gasteiger partial charge in [-0.3, -0.25) is 0 Å². The molecule has 1 saturated heterocycles. The lowest BCUT2D eigenvalue weighted by Crippen LogP contribution is -2.27. The molecule has 2 nitrogen and oxygen atoms in total. The van der Waals surface area contributed by atoms with Crippen LogP contribution in [0.1, 0.15) is 25.3 Å². The maximum absolute atomic E-state index is 5.95. The van der Waals surface area contributed by atoms with Crippen molar-refractivity contribution in [1.29, 1.82) is 0 Å². The second-order valence-electron chi connectivity index (χ2n) is 3.81. The van der Waals surface area contributed by atoms with Gasteiger partial charge >= 0.3 is 0 Å². The van der Waals surface area contributed by atoms with E-state index in [4.69, 9.17) is 32.7 Å². The summed E-state index contributed by atoms with van der Waals surface area (Å²) in [7, 11) is 0. The number of halogens is 2. The van der Waals surface area contributed by atoms with Crippen LogP contribution in [0, 0.1) is 0 Å². The summed E-state index contributed by atoms with van der Waals surface area (Å²) in [6.07, 6.45) is 1.67. The first-order valence-corrected chi connectivity index (χ1v) is 6.24. The maximum Gasteiger partial charge on any atom is 0.198 e. The van der Waals surface area contributed by atoms with E-state index in [1.54, 1.807) is 0 Å². The van der Waals surface area contributed by atoms with Crippen LogP contribution in [0.4, 0.5) is 0 Å². The number of hydrogen-bond acceptors (Lipinski definition) is 2. The van der Waals surface area contributed by atoms with Crippen molar-refractivity contribution in [2.45, 2.75) is 36.7 Å². The average molecular weight is 261 g/mol. The van der Waals surface area contributed by atoms with E-state index in [9.17, 15) is 0 Å². The second kappa shape index (κ2) is 4.92. The number of ether oxygens (including phenoxy) is 2. The molecule has 2 unspecified atom stereocenters. The Morgan fingerprint density at radius 3 is 2.19 bits per heavy atom. The predicted octanol–water partition coefficient (Wildman–Crippen LogP) is 3.82. The Bertz CT molecular complexity index is 332. The first kappa shape index (κ1) is 12.2. The third-order valence-electron chi connectivity index (χ3n) is 2.60. The van der Waals surface area contributed by atoms with Gasteiger partial charge in [0, 0.05) is 12.0 Å². The molecule has 1 aliphatic heterocycles. The smallest absolute Gasteiger partial charge is 0.198 e. The Labute approximate surface area is 105 Å². The lowest BCUT2D eigenvalue weighted by atomic mass is 10.0. The molecule has 0 spiro atoms. The maximum atomic E-state index is 5.95. The molecule has 4 heteroatoms. The van der Waals surface area contributed by atoms with Crippen molar-refractivity contribution in [2.24, 2.45) is 0 Å². The summed E-state index contributed by atoms with van der Waals surface area (Å²) in [6, 6.07) is 9.78. The van der Waals surface area contributed by atoms with E-state index in [0.717, 1.165) is 18.4 Å². The quantitative estimate of drug-likeness (QED) is 0.770. The predicted molar refractivity (Wildman–Crippen MR) is 64.5 cm³/mol. The summed E-state index contributed by atoms with van der Waals surface area (Å²) in [5.41, 5.74) is -0.243. The molecule has 2 rings (SSSR count). The van der Waals surface area contributed by atoms with Crippen LogP contribution in [-0.2, 0) is 15.3 Å². The molecule has 1 aliphatic rings. The van der Waals surface area contributed by atoms with Crippen molar-refractivity contribution < 1.29 is 9.47 Å². The number of benzene rings is 1. The molecule has 88 valence electrons. The normalized spacial score (nSPS) is 34.2. The molecule has 0 aromatic heterocycles. The van der Waals surface area contributed by atoms with Crippen molar-refractivity contribution in [3.63, 3.8) is 0 Å². The molecule has 1 heterocycles. The van der Waals surface area contributed by atoms with Crippen molar-refractivity contribution in [2.75, 3.05) is 0 Å². The molecule has 2 atom stereocenters. The third kappa shape index (κ3) is 2.21. The number of alkyl halides is 2. The van der Waals surface area contributed by atoms with Crippen molar-refractivity contribution in [3.05, 3.63) is 35.9 Å². The standard InChI is InChI=1S/C12H14Cl2O2/c1-2-8-12(9-6-4-3-5-7-9)15-10(13)11(14)16-12/h3-7,10-11H,2,8H2,1H3. The highest BCUT2D eigenvalue weighted by Crippen LogP contribution is 2.43. The molecule has 0 radical (unpaired) electrons. The lowest BCUT2D eigenvalue weighted by molar-refractivity contribution is -0.178. The molecule has 0 aliphatic carbocycles. The van der Waals surface area contributed by atoms with Gasteiger partial charge in [-0.15, -0.1) is 0 Å². The van der Waals surface area contributed by atoms with Gasteiger partial charge in [0.25, 0.3) is 0 Å². The molecule has 0 N–H and O–H groups in total. The SMILES string of the molecule is CCCC1(c2ccccc2)OC(Cl)C(Cl)O1. The first-order chi connectivity index (χ1) is 7.68.